The summed E-state index contributed by atoms with van der Waals surface area (Å²) >= 11 is 0. The van der Waals surface area contributed by atoms with Crippen LogP contribution in [0.5, 0.6) is 0 Å². The summed E-state index contributed by atoms with van der Waals surface area (Å²) in [6, 6.07) is 0.404. The molecular weight excluding hydrogens is 270 g/mol. The lowest BCUT2D eigenvalue weighted by molar-refractivity contribution is -0.145. The van der Waals surface area contributed by atoms with Crippen molar-refractivity contribution >= 4 is 11.9 Å². The van der Waals surface area contributed by atoms with Crippen molar-refractivity contribution in [3.05, 3.63) is 0 Å². The van der Waals surface area contributed by atoms with E-state index in [4.69, 9.17) is 5.11 Å². The first-order chi connectivity index (χ1) is 9.97. The predicted molar refractivity (Wildman–Crippen MR) is 80.0 cm³/mol. The number of hydrogen-bond donors (Lipinski definition) is 2. The van der Waals surface area contributed by atoms with Crippen LogP contribution in [0.15, 0.2) is 0 Å². The molecule has 0 radical (unpaired) electrons. The average Bonchev–Trinajstić information content (AvgIpc) is 2.46. The molecule has 2 saturated heterocycles. The van der Waals surface area contributed by atoms with E-state index in [1.807, 2.05) is 0 Å². The quantitative estimate of drug-likeness (QED) is 0.778. The number of likely N-dealkylation sites (tertiary alicyclic amines) is 2. The molecule has 6 nitrogen and oxygen atoms in total. The van der Waals surface area contributed by atoms with Gasteiger partial charge in [0.25, 0.3) is 0 Å². The van der Waals surface area contributed by atoms with Crippen molar-refractivity contribution in [1.29, 1.82) is 0 Å². The molecule has 2 unspecified atom stereocenters. The number of aliphatic carboxylic acids is 1. The zero-order valence-corrected chi connectivity index (χ0v) is 13.0. The Kier molecular flexibility index (Phi) is 5.58. The largest absolute Gasteiger partial charge is 0.481 e. The van der Waals surface area contributed by atoms with Crippen molar-refractivity contribution in [3.8, 4) is 0 Å². The number of nitrogens with zero attached hydrogens (tertiary/aromatic N) is 2. The monoisotopic (exact) mass is 297 g/mol. The molecule has 120 valence electrons. The summed E-state index contributed by atoms with van der Waals surface area (Å²) in [6.07, 6.45) is 2.23. The molecule has 6 heteroatoms. The van der Waals surface area contributed by atoms with E-state index in [1.165, 1.54) is 0 Å². The number of carbonyl (C=O) groups is 2. The lowest BCUT2D eigenvalue weighted by Crippen LogP contribution is -2.51. The number of amides is 1. The zero-order chi connectivity index (χ0) is 15.4. The van der Waals surface area contributed by atoms with Crippen LogP contribution in [0, 0.1) is 11.8 Å². The van der Waals surface area contributed by atoms with Crippen LogP contribution in [0.1, 0.15) is 26.2 Å². The van der Waals surface area contributed by atoms with Gasteiger partial charge in [-0.25, -0.2) is 0 Å². The van der Waals surface area contributed by atoms with Gasteiger partial charge in [-0.05, 0) is 38.8 Å². The van der Waals surface area contributed by atoms with E-state index >= 15 is 0 Å². The number of nitrogens with one attached hydrogen (secondary N) is 1. The van der Waals surface area contributed by atoms with Crippen LogP contribution >= 0.6 is 0 Å². The molecule has 21 heavy (non-hydrogen) atoms. The van der Waals surface area contributed by atoms with Crippen molar-refractivity contribution in [3.63, 3.8) is 0 Å². The maximum atomic E-state index is 12.2. The maximum absolute atomic E-state index is 12.2. The molecule has 0 spiro atoms. The Balaban J connectivity index is 1.72. The van der Waals surface area contributed by atoms with E-state index in [-0.39, 0.29) is 11.8 Å². The zero-order valence-electron chi connectivity index (χ0n) is 13.0. The smallest absolute Gasteiger partial charge is 0.306 e. The fourth-order valence-electron chi connectivity index (χ4n) is 3.36. The van der Waals surface area contributed by atoms with Crippen LogP contribution in [-0.2, 0) is 9.59 Å². The summed E-state index contributed by atoms with van der Waals surface area (Å²) in [5.74, 6) is -0.365. The SMILES string of the molecule is CC1CN(C)CCC1NCC(=O)N1CCC(C(=O)O)CC1. The molecule has 0 aliphatic carbocycles. The van der Waals surface area contributed by atoms with E-state index in [1.54, 1.807) is 4.90 Å². The molecule has 0 aromatic carbocycles. The van der Waals surface area contributed by atoms with Crippen molar-refractivity contribution in [2.45, 2.75) is 32.2 Å². The lowest BCUT2D eigenvalue weighted by atomic mass is 9.94. The fourth-order valence-corrected chi connectivity index (χ4v) is 3.36. The van der Waals surface area contributed by atoms with Crippen LogP contribution in [0.25, 0.3) is 0 Å². The Morgan fingerprint density at radius 2 is 1.86 bits per heavy atom. The molecule has 2 heterocycles. The van der Waals surface area contributed by atoms with E-state index < -0.39 is 5.97 Å². The Bertz CT molecular complexity index is 380. The van der Waals surface area contributed by atoms with E-state index in [9.17, 15) is 9.59 Å². The molecule has 0 bridgehead atoms. The van der Waals surface area contributed by atoms with Crippen LogP contribution < -0.4 is 5.32 Å². The number of carboxylic acid groups (broad SMARTS) is 1. The van der Waals surface area contributed by atoms with Gasteiger partial charge in [-0.3, -0.25) is 9.59 Å². The number of carbonyl (C=O) groups excluding carboxylic acids is 1. The summed E-state index contributed by atoms with van der Waals surface area (Å²) in [5.41, 5.74) is 0. The van der Waals surface area contributed by atoms with Gasteiger partial charge in [-0.1, -0.05) is 6.92 Å². The van der Waals surface area contributed by atoms with Gasteiger partial charge in [0.2, 0.25) is 5.91 Å². The van der Waals surface area contributed by atoms with Gasteiger partial charge < -0.3 is 20.2 Å². The normalized spacial score (nSPS) is 28.6. The van der Waals surface area contributed by atoms with Gasteiger partial charge in [0, 0.05) is 25.7 Å². The van der Waals surface area contributed by atoms with Gasteiger partial charge in [-0.2, -0.15) is 0 Å². The highest BCUT2D eigenvalue weighted by atomic mass is 16.4. The Labute approximate surface area is 126 Å². The van der Waals surface area contributed by atoms with E-state index in [0.717, 1.165) is 19.5 Å². The second-order valence-electron chi connectivity index (χ2n) is 6.51. The number of carboxylic acids is 1. The highest BCUT2D eigenvalue weighted by Gasteiger charge is 2.28. The van der Waals surface area contributed by atoms with Gasteiger partial charge in [-0.15, -0.1) is 0 Å². The highest BCUT2D eigenvalue weighted by molar-refractivity contribution is 5.79. The van der Waals surface area contributed by atoms with Crippen molar-refractivity contribution in [2.24, 2.45) is 11.8 Å². The average molecular weight is 297 g/mol. The number of piperidine rings is 2. The molecule has 0 saturated carbocycles. The van der Waals surface area contributed by atoms with E-state index in [0.29, 0.717) is 44.4 Å². The van der Waals surface area contributed by atoms with Crippen molar-refractivity contribution < 1.29 is 14.7 Å². The number of rotatable bonds is 4. The Morgan fingerprint density at radius 1 is 1.19 bits per heavy atom. The summed E-state index contributed by atoms with van der Waals surface area (Å²) in [5, 5.41) is 12.4. The predicted octanol–water partition coefficient (Wildman–Crippen LogP) is 0.239. The minimum atomic E-state index is -0.736. The van der Waals surface area contributed by atoms with Crippen LogP contribution in [0.4, 0.5) is 0 Å². The second kappa shape index (κ2) is 7.22. The third kappa shape index (κ3) is 4.41. The summed E-state index contributed by atoms with van der Waals surface area (Å²) in [4.78, 5) is 27.2. The fraction of sp³-hybridized carbons (Fsp3) is 0.867. The topological polar surface area (TPSA) is 72.9 Å². The summed E-state index contributed by atoms with van der Waals surface area (Å²) < 4.78 is 0. The van der Waals surface area contributed by atoms with Crippen molar-refractivity contribution in [2.75, 3.05) is 39.8 Å². The molecule has 2 atom stereocenters. The number of hydrogen-bond acceptors (Lipinski definition) is 4. The van der Waals surface area contributed by atoms with E-state index in [2.05, 4.69) is 24.2 Å². The Hall–Kier alpha value is -1.14. The molecule has 1 amide bonds. The molecule has 0 aromatic rings. The second-order valence-corrected chi connectivity index (χ2v) is 6.51. The molecule has 0 aromatic heterocycles. The van der Waals surface area contributed by atoms with Gasteiger partial charge in [0.1, 0.15) is 0 Å². The molecule has 2 aliphatic rings. The first-order valence-electron chi connectivity index (χ1n) is 7.90. The summed E-state index contributed by atoms with van der Waals surface area (Å²) in [7, 11) is 2.13. The summed E-state index contributed by atoms with van der Waals surface area (Å²) in [6.45, 7) is 5.86. The first-order valence-corrected chi connectivity index (χ1v) is 7.90. The van der Waals surface area contributed by atoms with Gasteiger partial charge in [0.15, 0.2) is 0 Å². The first kappa shape index (κ1) is 16.2. The Morgan fingerprint density at radius 3 is 2.43 bits per heavy atom. The molecule has 2 rings (SSSR count). The molecular formula is C15H27N3O3. The van der Waals surface area contributed by atoms with Crippen LogP contribution in [0.2, 0.25) is 0 Å². The minimum Gasteiger partial charge on any atom is -0.481 e. The third-order valence-corrected chi connectivity index (χ3v) is 4.82. The molecule has 2 fully saturated rings. The third-order valence-electron chi connectivity index (χ3n) is 4.82. The molecule has 2 aliphatic heterocycles. The molecule has 2 N–H and O–H groups in total. The minimum absolute atomic E-state index is 0.102. The maximum Gasteiger partial charge on any atom is 0.306 e. The van der Waals surface area contributed by atoms with Crippen molar-refractivity contribution in [1.82, 2.24) is 15.1 Å². The van der Waals surface area contributed by atoms with Gasteiger partial charge in [0.05, 0.1) is 12.5 Å². The van der Waals surface area contributed by atoms with Crippen LogP contribution in [-0.4, -0.2) is 72.6 Å². The standard InChI is InChI=1S/C15H27N3O3/c1-11-10-17(2)6-5-13(11)16-9-14(19)18-7-3-12(4-8-18)15(20)21/h11-13,16H,3-10H2,1-2H3,(H,20,21). The van der Waals surface area contributed by atoms with Crippen LogP contribution in [0.3, 0.4) is 0 Å². The lowest BCUT2D eigenvalue weighted by Gasteiger charge is -2.36. The van der Waals surface area contributed by atoms with Gasteiger partial charge >= 0.3 is 5.97 Å². The highest BCUT2D eigenvalue weighted by Crippen LogP contribution is 2.18.